The minimum Gasteiger partial charge on any atom is -0.450 e. The molecule has 6 heteroatoms. The van der Waals surface area contributed by atoms with Gasteiger partial charge in [-0.1, -0.05) is 18.2 Å². The SMILES string of the molecule is CCOC(=O)N1CCN(C(=O)C(C)(C)c2c[nH]c3ccccc23)CC1. The highest BCUT2D eigenvalue weighted by molar-refractivity contribution is 5.94. The average Bonchev–Trinajstić information content (AvgIpc) is 3.06. The summed E-state index contributed by atoms with van der Waals surface area (Å²) in [4.78, 5) is 31.7. The molecule has 2 aromatic rings. The largest absolute Gasteiger partial charge is 0.450 e. The van der Waals surface area contributed by atoms with E-state index in [9.17, 15) is 9.59 Å². The van der Waals surface area contributed by atoms with Crippen molar-refractivity contribution in [2.24, 2.45) is 0 Å². The lowest BCUT2D eigenvalue weighted by atomic mass is 9.82. The molecule has 1 fully saturated rings. The van der Waals surface area contributed by atoms with Crippen LogP contribution in [0.1, 0.15) is 26.3 Å². The second kappa shape index (κ2) is 6.78. The van der Waals surface area contributed by atoms with Crippen LogP contribution in [-0.2, 0) is 14.9 Å². The minimum absolute atomic E-state index is 0.0840. The van der Waals surface area contributed by atoms with Crippen molar-refractivity contribution in [2.75, 3.05) is 32.8 Å². The first kappa shape index (κ1) is 17.3. The van der Waals surface area contributed by atoms with Crippen molar-refractivity contribution in [2.45, 2.75) is 26.2 Å². The number of amides is 2. The monoisotopic (exact) mass is 343 g/mol. The summed E-state index contributed by atoms with van der Waals surface area (Å²) < 4.78 is 5.03. The van der Waals surface area contributed by atoms with Crippen LogP contribution in [0.25, 0.3) is 10.9 Å². The Hall–Kier alpha value is -2.50. The molecule has 134 valence electrons. The first-order valence-corrected chi connectivity index (χ1v) is 8.72. The third-order valence-electron chi connectivity index (χ3n) is 4.89. The van der Waals surface area contributed by atoms with Crippen molar-refractivity contribution in [1.82, 2.24) is 14.8 Å². The first-order valence-electron chi connectivity index (χ1n) is 8.72. The van der Waals surface area contributed by atoms with Crippen molar-refractivity contribution < 1.29 is 14.3 Å². The molecular weight excluding hydrogens is 318 g/mol. The van der Waals surface area contributed by atoms with E-state index >= 15 is 0 Å². The Morgan fingerprint density at radius 1 is 1.12 bits per heavy atom. The summed E-state index contributed by atoms with van der Waals surface area (Å²) in [6.07, 6.45) is 1.63. The van der Waals surface area contributed by atoms with Gasteiger partial charge < -0.3 is 19.5 Å². The van der Waals surface area contributed by atoms with Gasteiger partial charge in [0, 0.05) is 43.3 Å². The van der Waals surface area contributed by atoms with E-state index in [4.69, 9.17) is 4.74 Å². The van der Waals surface area contributed by atoms with Crippen LogP contribution in [0, 0.1) is 0 Å². The van der Waals surface area contributed by atoms with E-state index in [1.54, 1.807) is 11.8 Å². The van der Waals surface area contributed by atoms with Gasteiger partial charge in [0.05, 0.1) is 12.0 Å². The molecule has 0 spiro atoms. The maximum Gasteiger partial charge on any atom is 0.409 e. The van der Waals surface area contributed by atoms with Crippen LogP contribution in [0.2, 0.25) is 0 Å². The average molecular weight is 343 g/mol. The minimum atomic E-state index is -0.633. The second-order valence-electron chi connectivity index (χ2n) is 6.85. The van der Waals surface area contributed by atoms with Crippen LogP contribution in [-0.4, -0.2) is 59.6 Å². The molecule has 2 heterocycles. The van der Waals surface area contributed by atoms with Gasteiger partial charge >= 0.3 is 6.09 Å². The van der Waals surface area contributed by atoms with Crippen molar-refractivity contribution in [3.8, 4) is 0 Å². The molecule has 1 aromatic heterocycles. The maximum absolute atomic E-state index is 13.1. The topological polar surface area (TPSA) is 65.6 Å². The van der Waals surface area contributed by atoms with E-state index in [1.165, 1.54) is 0 Å². The van der Waals surface area contributed by atoms with Crippen LogP contribution < -0.4 is 0 Å². The predicted octanol–water partition coefficient (Wildman–Crippen LogP) is 2.75. The normalized spacial score (nSPS) is 15.5. The van der Waals surface area contributed by atoms with Gasteiger partial charge in [0.1, 0.15) is 0 Å². The summed E-state index contributed by atoms with van der Waals surface area (Å²) >= 11 is 0. The zero-order valence-corrected chi connectivity index (χ0v) is 15.0. The molecule has 0 saturated carbocycles. The molecule has 3 rings (SSSR count). The fourth-order valence-corrected chi connectivity index (χ4v) is 3.41. The number of ether oxygens (including phenoxy) is 1. The predicted molar refractivity (Wildman–Crippen MR) is 96.5 cm³/mol. The van der Waals surface area contributed by atoms with E-state index in [0.29, 0.717) is 32.8 Å². The molecule has 6 nitrogen and oxygen atoms in total. The number of rotatable bonds is 3. The van der Waals surface area contributed by atoms with E-state index < -0.39 is 5.41 Å². The fourth-order valence-electron chi connectivity index (χ4n) is 3.41. The molecule has 1 saturated heterocycles. The number of aromatic nitrogens is 1. The Morgan fingerprint density at radius 2 is 1.76 bits per heavy atom. The van der Waals surface area contributed by atoms with Crippen LogP contribution in [0.15, 0.2) is 30.5 Å². The number of para-hydroxylation sites is 1. The van der Waals surface area contributed by atoms with Gasteiger partial charge in [0.15, 0.2) is 0 Å². The summed E-state index contributed by atoms with van der Waals surface area (Å²) in [5, 5.41) is 1.08. The lowest BCUT2D eigenvalue weighted by Crippen LogP contribution is -2.54. The number of fused-ring (bicyclic) bond motifs is 1. The van der Waals surface area contributed by atoms with Crippen LogP contribution >= 0.6 is 0 Å². The quantitative estimate of drug-likeness (QED) is 0.932. The van der Waals surface area contributed by atoms with Crippen molar-refractivity contribution in [3.05, 3.63) is 36.0 Å². The zero-order valence-electron chi connectivity index (χ0n) is 15.0. The van der Waals surface area contributed by atoms with Crippen molar-refractivity contribution in [3.63, 3.8) is 0 Å². The van der Waals surface area contributed by atoms with Crippen LogP contribution in [0.3, 0.4) is 0 Å². The summed E-state index contributed by atoms with van der Waals surface area (Å²) in [6.45, 7) is 8.16. The Bertz CT molecular complexity index is 773. The zero-order chi connectivity index (χ0) is 18.0. The highest BCUT2D eigenvalue weighted by Crippen LogP contribution is 2.32. The fraction of sp³-hybridized carbons (Fsp3) is 0.474. The number of nitrogens with zero attached hydrogens (tertiary/aromatic N) is 2. The number of carbonyl (C=O) groups is 2. The van der Waals surface area contributed by atoms with Gasteiger partial charge in [-0.3, -0.25) is 4.79 Å². The molecule has 1 N–H and O–H groups in total. The van der Waals surface area contributed by atoms with Crippen molar-refractivity contribution >= 4 is 22.9 Å². The number of nitrogens with one attached hydrogen (secondary N) is 1. The van der Waals surface area contributed by atoms with Gasteiger partial charge in [-0.15, -0.1) is 0 Å². The lowest BCUT2D eigenvalue weighted by Gasteiger charge is -2.38. The summed E-state index contributed by atoms with van der Waals surface area (Å²) in [6, 6.07) is 8.01. The van der Waals surface area contributed by atoms with Gasteiger partial charge in [-0.2, -0.15) is 0 Å². The molecule has 0 unspecified atom stereocenters. The van der Waals surface area contributed by atoms with Crippen LogP contribution in [0.4, 0.5) is 4.79 Å². The molecule has 2 amide bonds. The number of hydrogen-bond donors (Lipinski definition) is 1. The third-order valence-corrected chi connectivity index (χ3v) is 4.89. The Kier molecular flexibility index (Phi) is 4.70. The third kappa shape index (κ3) is 3.21. The number of aromatic amines is 1. The molecule has 1 aliphatic heterocycles. The Morgan fingerprint density at radius 3 is 2.44 bits per heavy atom. The standard InChI is InChI=1S/C19H25N3O3/c1-4-25-18(24)22-11-9-21(10-12-22)17(23)19(2,3)15-13-20-16-8-6-5-7-14(15)16/h5-8,13,20H,4,9-12H2,1-3H3. The van der Waals surface area contributed by atoms with Gasteiger partial charge in [0.25, 0.3) is 0 Å². The molecular formula is C19H25N3O3. The Labute approximate surface area is 147 Å². The first-order chi connectivity index (χ1) is 11.9. The molecule has 25 heavy (non-hydrogen) atoms. The van der Waals surface area contributed by atoms with Crippen molar-refractivity contribution in [1.29, 1.82) is 0 Å². The highest BCUT2D eigenvalue weighted by atomic mass is 16.6. The summed E-state index contributed by atoms with van der Waals surface area (Å²) in [5.41, 5.74) is 1.40. The highest BCUT2D eigenvalue weighted by Gasteiger charge is 2.37. The molecule has 0 bridgehead atoms. The number of benzene rings is 1. The number of hydrogen-bond acceptors (Lipinski definition) is 3. The molecule has 0 aliphatic carbocycles. The smallest absolute Gasteiger partial charge is 0.409 e. The number of piperazine rings is 1. The van der Waals surface area contributed by atoms with Gasteiger partial charge in [-0.05, 0) is 32.4 Å². The second-order valence-corrected chi connectivity index (χ2v) is 6.85. The van der Waals surface area contributed by atoms with Gasteiger partial charge in [0.2, 0.25) is 5.91 Å². The van der Waals surface area contributed by atoms with Gasteiger partial charge in [-0.25, -0.2) is 4.79 Å². The molecule has 1 aliphatic rings. The van der Waals surface area contributed by atoms with E-state index in [1.807, 2.05) is 49.2 Å². The van der Waals surface area contributed by atoms with E-state index in [2.05, 4.69) is 4.98 Å². The van der Waals surface area contributed by atoms with E-state index in [-0.39, 0.29) is 12.0 Å². The molecule has 0 radical (unpaired) electrons. The number of carbonyl (C=O) groups excluding carboxylic acids is 2. The summed E-state index contributed by atoms with van der Waals surface area (Å²) in [5.74, 6) is 0.0840. The lowest BCUT2D eigenvalue weighted by molar-refractivity contribution is -0.137. The van der Waals surface area contributed by atoms with Crippen LogP contribution in [0.5, 0.6) is 0 Å². The Balaban J connectivity index is 1.73. The van der Waals surface area contributed by atoms with E-state index in [0.717, 1.165) is 16.5 Å². The number of H-pyrrole nitrogens is 1. The molecule has 0 atom stereocenters. The summed E-state index contributed by atoms with van der Waals surface area (Å²) in [7, 11) is 0. The maximum atomic E-state index is 13.1. The molecule has 1 aromatic carbocycles.